The predicted octanol–water partition coefficient (Wildman–Crippen LogP) is 3.85. The number of nitrogens with zero attached hydrogens (tertiary/aromatic N) is 2. The van der Waals surface area contributed by atoms with Crippen molar-refractivity contribution in [1.29, 1.82) is 0 Å². The van der Waals surface area contributed by atoms with Gasteiger partial charge in [0.25, 0.3) is 5.91 Å². The number of nitrogens with one attached hydrogen (secondary N) is 2. The van der Waals surface area contributed by atoms with Gasteiger partial charge in [0.2, 0.25) is 5.91 Å². The molecular weight excluding hydrogens is 372 g/mol. The molecule has 0 aliphatic carbocycles. The minimum atomic E-state index is -0.655. The van der Waals surface area contributed by atoms with Gasteiger partial charge in [0, 0.05) is 42.9 Å². The van der Waals surface area contributed by atoms with Gasteiger partial charge in [-0.05, 0) is 24.0 Å². The molecule has 148 valence electrons. The molecule has 3 aromatic rings. The van der Waals surface area contributed by atoms with Crippen molar-refractivity contribution in [2.75, 3.05) is 11.9 Å². The topological polar surface area (TPSA) is 78.1 Å². The quantitative estimate of drug-likeness (QED) is 0.635. The molecule has 2 unspecified atom stereocenters. The Hall–Kier alpha value is -2.67. The molecule has 28 heavy (non-hydrogen) atoms. The average Bonchev–Trinajstić information content (AvgIpc) is 3.33. The highest BCUT2D eigenvalue weighted by Gasteiger charge is 2.27. The molecule has 2 amide bonds. The molecule has 0 saturated carbocycles. The second-order valence-corrected chi connectivity index (χ2v) is 7.91. The molecule has 0 aliphatic rings. The number of fused-ring (bicyclic) bond motifs is 1. The summed E-state index contributed by atoms with van der Waals surface area (Å²) in [7, 11) is 1.71. The highest BCUT2D eigenvalue weighted by Crippen LogP contribution is 2.27. The maximum absolute atomic E-state index is 13.2. The Morgan fingerprint density at radius 2 is 2.07 bits per heavy atom. The van der Waals surface area contributed by atoms with E-state index >= 15 is 0 Å². The number of carbonyl (C=O) groups is 2. The number of thiazole rings is 1. The van der Waals surface area contributed by atoms with Crippen LogP contribution >= 0.6 is 11.3 Å². The third-order valence-electron chi connectivity index (χ3n) is 5.02. The number of rotatable bonds is 7. The van der Waals surface area contributed by atoms with Crippen molar-refractivity contribution in [3.8, 4) is 0 Å². The predicted molar refractivity (Wildman–Crippen MR) is 114 cm³/mol. The molecular formula is C21H26N4O2S. The largest absolute Gasteiger partial charge is 0.361 e. The van der Waals surface area contributed by atoms with Crippen LogP contribution in [0.2, 0.25) is 0 Å². The number of amides is 2. The highest BCUT2D eigenvalue weighted by molar-refractivity contribution is 7.14. The van der Waals surface area contributed by atoms with Gasteiger partial charge in [-0.2, -0.15) is 0 Å². The van der Waals surface area contributed by atoms with Crippen molar-refractivity contribution in [3.63, 3.8) is 0 Å². The molecule has 2 N–H and O–H groups in total. The number of aromatic nitrogens is 2. The Bertz CT molecular complexity index is 978. The van der Waals surface area contributed by atoms with Crippen molar-refractivity contribution in [2.45, 2.75) is 45.6 Å². The number of aromatic amines is 1. The summed E-state index contributed by atoms with van der Waals surface area (Å²) in [5.74, 6) is -0.0533. The van der Waals surface area contributed by atoms with Crippen LogP contribution in [0.15, 0.2) is 35.8 Å². The summed E-state index contributed by atoms with van der Waals surface area (Å²) in [6.45, 7) is 5.67. The summed E-state index contributed by atoms with van der Waals surface area (Å²) in [5, 5.41) is 6.51. The van der Waals surface area contributed by atoms with E-state index in [4.69, 9.17) is 0 Å². The first-order valence-electron chi connectivity index (χ1n) is 9.45. The first-order valence-corrected chi connectivity index (χ1v) is 10.3. The molecule has 7 heteroatoms. The van der Waals surface area contributed by atoms with Crippen LogP contribution in [0.25, 0.3) is 10.9 Å². The van der Waals surface area contributed by atoms with Gasteiger partial charge in [0.15, 0.2) is 5.13 Å². The summed E-state index contributed by atoms with van der Waals surface area (Å²) in [6.07, 6.45) is 3.31. The molecule has 2 atom stereocenters. The molecule has 0 fully saturated rings. The fourth-order valence-electron chi connectivity index (χ4n) is 3.16. The van der Waals surface area contributed by atoms with E-state index < -0.39 is 6.04 Å². The third kappa shape index (κ3) is 4.25. The fraction of sp³-hybridized carbons (Fsp3) is 0.381. The Morgan fingerprint density at radius 1 is 1.32 bits per heavy atom. The Labute approximate surface area is 169 Å². The number of hydrogen-bond acceptors (Lipinski definition) is 4. The number of carbonyl (C=O) groups excluding carboxylic acids is 2. The van der Waals surface area contributed by atoms with E-state index in [1.165, 1.54) is 18.3 Å². The molecule has 3 rings (SSSR count). The van der Waals surface area contributed by atoms with Gasteiger partial charge in [-0.15, -0.1) is 11.3 Å². The Balaban J connectivity index is 1.83. The van der Waals surface area contributed by atoms with E-state index in [1.807, 2.05) is 35.8 Å². The van der Waals surface area contributed by atoms with Crippen molar-refractivity contribution >= 4 is 39.2 Å². The van der Waals surface area contributed by atoms with Gasteiger partial charge in [0.05, 0.1) is 5.69 Å². The minimum Gasteiger partial charge on any atom is -0.361 e. The van der Waals surface area contributed by atoms with Crippen LogP contribution in [0.3, 0.4) is 0 Å². The third-order valence-corrected chi connectivity index (χ3v) is 5.95. The number of anilines is 1. The van der Waals surface area contributed by atoms with Crippen LogP contribution in [0.4, 0.5) is 5.13 Å². The monoisotopic (exact) mass is 398 g/mol. The number of H-pyrrole nitrogens is 1. The smallest absolute Gasteiger partial charge is 0.251 e. The average molecular weight is 399 g/mol. The van der Waals surface area contributed by atoms with E-state index in [0.29, 0.717) is 17.5 Å². The van der Waals surface area contributed by atoms with Crippen LogP contribution in [0.5, 0.6) is 0 Å². The van der Waals surface area contributed by atoms with E-state index in [-0.39, 0.29) is 11.8 Å². The van der Waals surface area contributed by atoms with Crippen LogP contribution in [0.1, 0.15) is 44.4 Å². The SMILES string of the molecule is CCC(C)c1csc(N(C)C(=O)C(Cc2c[nH]c3ccccc23)NC(C)=O)n1. The van der Waals surface area contributed by atoms with E-state index in [2.05, 4.69) is 29.1 Å². The van der Waals surface area contributed by atoms with Crippen LogP contribution in [0, 0.1) is 0 Å². The second-order valence-electron chi connectivity index (χ2n) is 7.08. The van der Waals surface area contributed by atoms with Gasteiger partial charge >= 0.3 is 0 Å². The molecule has 0 aliphatic heterocycles. The lowest BCUT2D eigenvalue weighted by Gasteiger charge is -2.22. The van der Waals surface area contributed by atoms with Gasteiger partial charge in [-0.1, -0.05) is 32.0 Å². The lowest BCUT2D eigenvalue weighted by Crippen LogP contribution is -2.48. The highest BCUT2D eigenvalue weighted by atomic mass is 32.1. The van der Waals surface area contributed by atoms with E-state index in [9.17, 15) is 9.59 Å². The molecule has 0 bridgehead atoms. The van der Waals surface area contributed by atoms with Crippen LogP contribution in [-0.2, 0) is 16.0 Å². The maximum Gasteiger partial charge on any atom is 0.251 e. The van der Waals surface area contributed by atoms with E-state index in [0.717, 1.165) is 28.6 Å². The van der Waals surface area contributed by atoms with Crippen molar-refractivity contribution < 1.29 is 9.59 Å². The Kier molecular flexibility index (Phi) is 6.14. The summed E-state index contributed by atoms with van der Waals surface area (Å²) < 4.78 is 0. The zero-order valence-electron chi connectivity index (χ0n) is 16.7. The standard InChI is InChI=1S/C21H26N4O2S/c1-5-13(2)19-12-28-21(24-19)25(4)20(27)18(23-14(3)26)10-15-11-22-17-9-7-6-8-16(15)17/h6-9,11-13,18,22H,5,10H2,1-4H3,(H,23,26). The van der Waals surface area contributed by atoms with E-state index in [1.54, 1.807) is 11.9 Å². The number of para-hydroxylation sites is 1. The normalized spacial score (nSPS) is 13.3. The summed E-state index contributed by atoms with van der Waals surface area (Å²) >= 11 is 1.45. The van der Waals surface area contributed by atoms with Crippen molar-refractivity contribution in [2.24, 2.45) is 0 Å². The summed E-state index contributed by atoms with van der Waals surface area (Å²) in [4.78, 5) is 34.3. The fourth-order valence-corrected chi connectivity index (χ4v) is 4.08. The lowest BCUT2D eigenvalue weighted by atomic mass is 10.0. The summed E-state index contributed by atoms with van der Waals surface area (Å²) in [6, 6.07) is 7.28. The number of likely N-dealkylation sites (N-methyl/N-ethyl adjacent to an activating group) is 1. The molecule has 0 radical (unpaired) electrons. The zero-order valence-corrected chi connectivity index (χ0v) is 17.5. The van der Waals surface area contributed by atoms with Gasteiger partial charge in [-0.3, -0.25) is 14.5 Å². The Morgan fingerprint density at radius 3 is 2.79 bits per heavy atom. The van der Waals surface area contributed by atoms with Crippen LogP contribution < -0.4 is 10.2 Å². The number of hydrogen-bond donors (Lipinski definition) is 2. The molecule has 0 spiro atoms. The van der Waals surface area contributed by atoms with Gasteiger partial charge < -0.3 is 10.3 Å². The molecule has 2 aromatic heterocycles. The number of benzene rings is 1. The first-order chi connectivity index (χ1) is 13.4. The van der Waals surface area contributed by atoms with Crippen molar-refractivity contribution in [1.82, 2.24) is 15.3 Å². The summed E-state index contributed by atoms with van der Waals surface area (Å²) in [5.41, 5.74) is 3.00. The van der Waals surface area contributed by atoms with Gasteiger partial charge in [0.1, 0.15) is 6.04 Å². The minimum absolute atomic E-state index is 0.175. The van der Waals surface area contributed by atoms with Crippen molar-refractivity contribution in [3.05, 3.63) is 47.1 Å². The van der Waals surface area contributed by atoms with Gasteiger partial charge in [-0.25, -0.2) is 4.98 Å². The second kappa shape index (κ2) is 8.56. The van der Waals surface area contributed by atoms with Crippen LogP contribution in [-0.4, -0.2) is 34.9 Å². The maximum atomic E-state index is 13.2. The molecule has 6 nitrogen and oxygen atoms in total. The molecule has 2 heterocycles. The lowest BCUT2D eigenvalue weighted by molar-refractivity contribution is -0.126. The molecule has 1 aromatic carbocycles. The molecule has 0 saturated heterocycles. The first kappa shape index (κ1) is 20.1. The zero-order chi connectivity index (χ0) is 20.3.